The first-order valence-corrected chi connectivity index (χ1v) is 15.6. The second kappa shape index (κ2) is 10.3. The van der Waals surface area contributed by atoms with Gasteiger partial charge in [-0.05, 0) is 56.5 Å². The van der Waals surface area contributed by atoms with Gasteiger partial charge in [-0.25, -0.2) is 0 Å². The van der Waals surface area contributed by atoms with Crippen molar-refractivity contribution in [3.05, 3.63) is 68.8 Å². The molecule has 0 fully saturated rings. The number of rotatable bonds is 8. The van der Waals surface area contributed by atoms with Crippen molar-refractivity contribution in [2.45, 2.75) is 77.2 Å². The molecule has 0 saturated carbocycles. The van der Waals surface area contributed by atoms with E-state index in [4.69, 9.17) is 0 Å². The van der Waals surface area contributed by atoms with E-state index in [9.17, 15) is 0 Å². The summed E-state index contributed by atoms with van der Waals surface area (Å²) in [5.41, 5.74) is 9.88. The van der Waals surface area contributed by atoms with Crippen molar-refractivity contribution in [1.29, 1.82) is 0 Å². The molecule has 3 aromatic rings. The van der Waals surface area contributed by atoms with Crippen LogP contribution in [0.3, 0.4) is 0 Å². The molecule has 0 amide bonds. The Hall–Kier alpha value is -1.98. The van der Waals surface area contributed by atoms with Crippen molar-refractivity contribution in [2.75, 3.05) is 11.4 Å². The summed E-state index contributed by atoms with van der Waals surface area (Å²) in [5, 5.41) is 1.34. The molecule has 3 aliphatic rings. The van der Waals surface area contributed by atoms with Gasteiger partial charge in [0.15, 0.2) is 0 Å². The molecule has 0 radical (unpaired) electrons. The Morgan fingerprint density at radius 3 is 2.57 bits per heavy atom. The Morgan fingerprint density at radius 1 is 0.973 bits per heavy atom. The van der Waals surface area contributed by atoms with Crippen LogP contribution in [0.5, 0.6) is 0 Å². The summed E-state index contributed by atoms with van der Waals surface area (Å²) >= 11 is 7.54. The number of aromatic nitrogens is 2. The molecule has 2 atom stereocenters. The zero-order valence-corrected chi connectivity index (χ0v) is 25.4. The van der Waals surface area contributed by atoms with Crippen LogP contribution in [-0.4, -0.2) is 21.7 Å². The minimum atomic E-state index is 0.363. The number of fused-ring (bicyclic) bond motifs is 7. The Kier molecular flexibility index (Phi) is 7.04. The summed E-state index contributed by atoms with van der Waals surface area (Å²) in [7, 11) is 2.26. The molecule has 0 bridgehead atoms. The van der Waals surface area contributed by atoms with Gasteiger partial charge in [-0.1, -0.05) is 94.7 Å². The molecule has 2 aromatic heterocycles. The molecular weight excluding hydrogens is 586 g/mol. The molecule has 194 valence electrons. The maximum Gasteiger partial charge on any atom is 0.0916 e. The van der Waals surface area contributed by atoms with Crippen LogP contribution in [0.15, 0.2) is 63.1 Å². The second-order valence-electron chi connectivity index (χ2n) is 11.0. The average Bonchev–Trinajstić information content (AvgIpc) is 3.48. The molecule has 0 spiro atoms. The first-order chi connectivity index (χ1) is 18.0. The zero-order chi connectivity index (χ0) is 25.7. The number of halogens is 2. The third-order valence-corrected chi connectivity index (χ3v) is 9.59. The highest BCUT2D eigenvalue weighted by atomic mass is 79.9. The number of allylic oxidation sites excluding steroid dienone is 6. The van der Waals surface area contributed by atoms with Crippen LogP contribution >= 0.6 is 31.9 Å². The summed E-state index contributed by atoms with van der Waals surface area (Å²) in [6, 6.07) is 7.14. The van der Waals surface area contributed by atoms with Gasteiger partial charge in [0.1, 0.15) is 0 Å². The van der Waals surface area contributed by atoms with Crippen molar-refractivity contribution in [2.24, 2.45) is 7.05 Å². The lowest BCUT2D eigenvalue weighted by atomic mass is 9.94. The third kappa shape index (κ3) is 4.30. The molecule has 3 heterocycles. The highest BCUT2D eigenvalue weighted by Gasteiger charge is 2.43. The Labute approximate surface area is 237 Å². The summed E-state index contributed by atoms with van der Waals surface area (Å²) in [6.07, 6.45) is 22.0. The lowest BCUT2D eigenvalue weighted by Gasteiger charge is -2.30. The normalized spacial score (nSPS) is 20.9. The van der Waals surface area contributed by atoms with Crippen LogP contribution in [0.4, 0.5) is 5.69 Å². The van der Waals surface area contributed by atoms with Gasteiger partial charge in [-0.3, -0.25) is 0 Å². The van der Waals surface area contributed by atoms with Crippen molar-refractivity contribution in [1.82, 2.24) is 9.13 Å². The predicted octanol–water partition coefficient (Wildman–Crippen LogP) is 9.96. The monoisotopic (exact) mass is 621 g/mol. The van der Waals surface area contributed by atoms with E-state index in [1.165, 1.54) is 87.6 Å². The van der Waals surface area contributed by atoms with Gasteiger partial charge in [0.25, 0.3) is 0 Å². The average molecular weight is 623 g/mol. The highest BCUT2D eigenvalue weighted by molar-refractivity contribution is 9.12. The van der Waals surface area contributed by atoms with Crippen molar-refractivity contribution in [3.63, 3.8) is 0 Å². The SMILES string of the molecule is CCCCCCCCN1c2c(n(C3=CC=C(C)CC3)c3c4ccc(Br)cc4n(C)c23)C2C=CC(Br)=CC21. The van der Waals surface area contributed by atoms with Crippen LogP contribution in [0, 0.1) is 0 Å². The molecule has 1 aromatic carbocycles. The number of unbranched alkanes of at least 4 members (excludes halogenated alkanes) is 5. The Bertz CT molecular complexity index is 1480. The predicted molar refractivity (Wildman–Crippen MR) is 167 cm³/mol. The van der Waals surface area contributed by atoms with Crippen LogP contribution in [0.2, 0.25) is 0 Å². The van der Waals surface area contributed by atoms with Gasteiger partial charge < -0.3 is 14.0 Å². The Morgan fingerprint density at radius 2 is 1.78 bits per heavy atom. The minimum absolute atomic E-state index is 0.363. The van der Waals surface area contributed by atoms with Crippen LogP contribution in [0.1, 0.15) is 76.8 Å². The Balaban J connectivity index is 1.55. The van der Waals surface area contributed by atoms with Gasteiger partial charge in [-0.15, -0.1) is 0 Å². The molecule has 0 saturated heterocycles. The molecule has 2 aliphatic carbocycles. The maximum absolute atomic E-state index is 3.81. The van der Waals surface area contributed by atoms with Crippen molar-refractivity contribution >= 4 is 65.2 Å². The van der Waals surface area contributed by atoms with Gasteiger partial charge in [-0.2, -0.15) is 0 Å². The maximum atomic E-state index is 3.81. The smallest absolute Gasteiger partial charge is 0.0916 e. The number of anilines is 1. The largest absolute Gasteiger partial charge is 0.361 e. The van der Waals surface area contributed by atoms with Gasteiger partial charge in [0, 0.05) is 39.5 Å². The zero-order valence-electron chi connectivity index (χ0n) is 22.2. The number of hydrogen-bond acceptors (Lipinski definition) is 1. The standard InChI is InChI=1S/C32H37Br2N3/c1-4-5-6-7-8-9-18-36-28-20-23(34)13-17-26(28)30-32(36)31-29(37(30)24-14-10-21(2)11-15-24)25-16-12-22(33)19-27(25)35(31)3/h10,12-14,16-17,19-20,26,28H,4-9,11,15,18H2,1-3H3. The molecule has 3 nitrogen and oxygen atoms in total. The highest BCUT2D eigenvalue weighted by Crippen LogP contribution is 2.53. The van der Waals surface area contributed by atoms with E-state index in [-0.39, 0.29) is 0 Å². The molecule has 37 heavy (non-hydrogen) atoms. The van der Waals surface area contributed by atoms with E-state index < -0.39 is 0 Å². The summed E-state index contributed by atoms with van der Waals surface area (Å²) in [6.45, 7) is 5.65. The number of aryl methyl sites for hydroxylation is 1. The van der Waals surface area contributed by atoms with Crippen LogP contribution in [-0.2, 0) is 7.05 Å². The van der Waals surface area contributed by atoms with Crippen molar-refractivity contribution in [3.8, 4) is 0 Å². The summed E-state index contributed by atoms with van der Waals surface area (Å²) in [5.74, 6) is 0.363. The fourth-order valence-electron chi connectivity index (χ4n) is 6.68. The molecule has 2 unspecified atom stereocenters. The quantitative estimate of drug-likeness (QED) is 0.228. The first kappa shape index (κ1) is 25.3. The van der Waals surface area contributed by atoms with E-state index >= 15 is 0 Å². The van der Waals surface area contributed by atoms with Crippen LogP contribution < -0.4 is 4.90 Å². The molecule has 0 N–H and O–H groups in total. The fourth-order valence-corrected chi connectivity index (χ4v) is 7.45. The lowest BCUT2D eigenvalue weighted by molar-refractivity contribution is 0.581. The first-order valence-electron chi connectivity index (χ1n) is 14.0. The fraction of sp³-hybridized carbons (Fsp3) is 0.438. The number of benzene rings is 1. The number of nitrogens with zero attached hydrogens (tertiary/aromatic N) is 3. The lowest BCUT2D eigenvalue weighted by Crippen LogP contribution is -2.34. The van der Waals surface area contributed by atoms with E-state index in [1.807, 2.05) is 0 Å². The van der Waals surface area contributed by atoms with E-state index in [0.717, 1.165) is 23.9 Å². The third-order valence-electron chi connectivity index (χ3n) is 8.57. The molecular formula is C32H37Br2N3. The van der Waals surface area contributed by atoms with Crippen molar-refractivity contribution < 1.29 is 0 Å². The summed E-state index contributed by atoms with van der Waals surface area (Å²) < 4.78 is 7.43. The molecule has 1 aliphatic heterocycles. The topological polar surface area (TPSA) is 13.1 Å². The van der Waals surface area contributed by atoms with Gasteiger partial charge in [0.05, 0.1) is 34.0 Å². The minimum Gasteiger partial charge on any atom is -0.361 e. The van der Waals surface area contributed by atoms with Gasteiger partial charge in [0.2, 0.25) is 0 Å². The van der Waals surface area contributed by atoms with Crippen LogP contribution in [0.25, 0.3) is 27.6 Å². The second-order valence-corrected chi connectivity index (χ2v) is 12.9. The van der Waals surface area contributed by atoms with E-state index in [1.54, 1.807) is 0 Å². The summed E-state index contributed by atoms with van der Waals surface area (Å²) in [4.78, 5) is 2.74. The van der Waals surface area contributed by atoms with Gasteiger partial charge >= 0.3 is 0 Å². The number of hydrogen-bond donors (Lipinski definition) is 0. The van der Waals surface area contributed by atoms with E-state index in [0.29, 0.717) is 12.0 Å². The molecule has 6 rings (SSSR count). The van der Waals surface area contributed by atoms with E-state index in [2.05, 4.69) is 115 Å². The molecule has 5 heteroatoms.